The lowest BCUT2D eigenvalue weighted by molar-refractivity contribution is -0.200. The molecule has 0 radical (unpaired) electrons. The molecule has 1 unspecified atom stereocenters. The molecule has 2 saturated heterocycles. The van der Waals surface area contributed by atoms with Crippen molar-refractivity contribution in [3.8, 4) is 0 Å². The molecule has 0 aromatic carbocycles. The lowest BCUT2D eigenvalue weighted by atomic mass is 9.94. The van der Waals surface area contributed by atoms with E-state index in [2.05, 4.69) is 20.8 Å². The van der Waals surface area contributed by atoms with Gasteiger partial charge in [0.05, 0.1) is 39.6 Å². The zero-order valence-corrected chi connectivity index (χ0v) is 43.6. The number of rotatable bonds is 42. The van der Waals surface area contributed by atoms with Crippen LogP contribution in [0.15, 0.2) is 0 Å². The summed E-state index contributed by atoms with van der Waals surface area (Å²) < 4.78 is 26.7. The van der Waals surface area contributed by atoms with Gasteiger partial charge < -0.3 is 54.5 Å². The summed E-state index contributed by atoms with van der Waals surface area (Å²) in [6, 6.07) is -1.02. The van der Waals surface area contributed by atoms with Gasteiger partial charge in [-0.1, -0.05) is 89.9 Å². The molecule has 4 N–H and O–H groups in total. The molecular formula is C51H87N5O16. The Hall–Kier alpha value is -4.73. The SMILES string of the molecule is CC(C)(C)OC(=O)C(CCC(=O)NCCOCCOCC(=O)NCCOCCOCC(=O)ON1C(=O)CCC1=O)NC(=O)C1CCN(C(=O)CCCCCCCCCCCCCCCCCCC(=O)O)CC1. The van der Waals surface area contributed by atoms with Crippen LogP contribution in [-0.4, -0.2) is 159 Å². The van der Waals surface area contributed by atoms with Crippen LogP contribution in [0.5, 0.6) is 0 Å². The molecule has 72 heavy (non-hydrogen) atoms. The van der Waals surface area contributed by atoms with E-state index in [0.29, 0.717) is 37.4 Å². The van der Waals surface area contributed by atoms with Gasteiger partial charge in [-0.3, -0.25) is 33.6 Å². The fraction of sp³-hybridized carbons (Fsp3) is 0.824. The number of unbranched alkanes of at least 4 members (excludes halogenated alkanes) is 15. The van der Waals surface area contributed by atoms with Crippen molar-refractivity contribution in [2.45, 2.75) is 187 Å². The highest BCUT2D eigenvalue weighted by Gasteiger charge is 2.34. The number of hydrogen-bond donors (Lipinski definition) is 4. The number of ether oxygens (including phenoxy) is 5. The molecule has 0 aromatic rings. The predicted octanol–water partition coefficient (Wildman–Crippen LogP) is 4.84. The number of carboxylic acids is 1. The second-order valence-corrected chi connectivity index (χ2v) is 19.4. The van der Waals surface area contributed by atoms with Crippen molar-refractivity contribution < 1.29 is 76.8 Å². The zero-order valence-electron chi connectivity index (χ0n) is 43.6. The van der Waals surface area contributed by atoms with Gasteiger partial charge in [0.2, 0.25) is 23.6 Å². The minimum atomic E-state index is -1.02. The largest absolute Gasteiger partial charge is 0.481 e. The number of esters is 1. The number of imide groups is 1. The zero-order chi connectivity index (χ0) is 52.8. The molecule has 2 rings (SSSR count). The monoisotopic (exact) mass is 1030 g/mol. The smallest absolute Gasteiger partial charge is 0.358 e. The van der Waals surface area contributed by atoms with Crippen LogP contribution in [0.1, 0.15) is 175 Å². The number of carboxylic acid groups (broad SMARTS) is 1. The van der Waals surface area contributed by atoms with Gasteiger partial charge in [0.1, 0.15) is 24.9 Å². The topological polar surface area (TPSA) is 272 Å². The highest BCUT2D eigenvalue weighted by atomic mass is 16.7. The van der Waals surface area contributed by atoms with Gasteiger partial charge in [-0.2, -0.15) is 0 Å². The quantitative estimate of drug-likeness (QED) is 0.0362. The summed E-state index contributed by atoms with van der Waals surface area (Å²) in [5, 5.41) is 17.3. The predicted molar refractivity (Wildman–Crippen MR) is 264 cm³/mol. The number of carbonyl (C=O) groups is 9. The van der Waals surface area contributed by atoms with E-state index < -0.39 is 48.0 Å². The maximum atomic E-state index is 13.4. The number of aliphatic carboxylic acids is 1. The van der Waals surface area contributed by atoms with Crippen LogP contribution in [0.3, 0.4) is 0 Å². The third kappa shape index (κ3) is 32.4. The molecule has 21 heteroatoms. The Morgan fingerprint density at radius 2 is 1.06 bits per heavy atom. The third-order valence-electron chi connectivity index (χ3n) is 12.0. The number of nitrogens with one attached hydrogen (secondary N) is 3. The van der Waals surface area contributed by atoms with Gasteiger partial charge in [-0.15, -0.1) is 5.06 Å². The van der Waals surface area contributed by atoms with Crippen LogP contribution < -0.4 is 16.0 Å². The van der Waals surface area contributed by atoms with E-state index in [0.717, 1.165) is 38.5 Å². The van der Waals surface area contributed by atoms with Crippen LogP contribution >= 0.6 is 0 Å². The molecule has 0 bridgehead atoms. The minimum absolute atomic E-state index is 0.000222. The van der Waals surface area contributed by atoms with Crippen molar-refractivity contribution in [3.05, 3.63) is 0 Å². The van der Waals surface area contributed by atoms with E-state index in [1.165, 1.54) is 64.2 Å². The summed E-state index contributed by atoms with van der Waals surface area (Å²) in [6.45, 7) is 6.74. The van der Waals surface area contributed by atoms with Crippen LogP contribution in [-0.2, 0) is 71.7 Å². The number of piperidine rings is 1. The Kier molecular flexibility index (Phi) is 34.2. The summed E-state index contributed by atoms with van der Waals surface area (Å²) >= 11 is 0. The van der Waals surface area contributed by atoms with E-state index in [-0.39, 0.29) is 121 Å². The first-order valence-corrected chi connectivity index (χ1v) is 26.5. The minimum Gasteiger partial charge on any atom is -0.481 e. The summed E-state index contributed by atoms with van der Waals surface area (Å²) in [5.41, 5.74) is -0.798. The Morgan fingerprint density at radius 3 is 1.56 bits per heavy atom. The maximum Gasteiger partial charge on any atom is 0.358 e. The van der Waals surface area contributed by atoms with E-state index in [1.54, 1.807) is 20.8 Å². The van der Waals surface area contributed by atoms with Gasteiger partial charge in [0, 0.05) is 64.2 Å². The molecular weight excluding hydrogens is 939 g/mol. The lowest BCUT2D eigenvalue weighted by Crippen LogP contribution is -2.49. The molecule has 412 valence electrons. The molecule has 0 aromatic heterocycles. The Morgan fingerprint density at radius 1 is 0.597 bits per heavy atom. The van der Waals surface area contributed by atoms with Gasteiger partial charge in [0.25, 0.3) is 11.8 Å². The molecule has 6 amide bonds. The first-order chi connectivity index (χ1) is 34.6. The van der Waals surface area contributed by atoms with Crippen LogP contribution in [0.25, 0.3) is 0 Å². The Bertz CT molecular complexity index is 1620. The van der Waals surface area contributed by atoms with Gasteiger partial charge >= 0.3 is 17.9 Å². The number of nitrogens with zero attached hydrogens (tertiary/aromatic N) is 2. The van der Waals surface area contributed by atoms with Crippen molar-refractivity contribution in [1.29, 1.82) is 0 Å². The lowest BCUT2D eigenvalue weighted by Gasteiger charge is -2.32. The Labute approximate surface area is 426 Å². The molecule has 1 atom stereocenters. The summed E-state index contributed by atoms with van der Waals surface area (Å²) in [4.78, 5) is 116. The van der Waals surface area contributed by atoms with Crippen molar-refractivity contribution >= 4 is 53.4 Å². The van der Waals surface area contributed by atoms with E-state index >= 15 is 0 Å². The van der Waals surface area contributed by atoms with Gasteiger partial charge in [-0.05, 0) is 52.9 Å². The molecule has 0 spiro atoms. The Balaban J connectivity index is 1.48. The molecule has 21 nitrogen and oxygen atoms in total. The molecule has 2 fully saturated rings. The number of likely N-dealkylation sites (tertiary alicyclic amines) is 1. The second kappa shape index (κ2) is 38.8. The van der Waals surface area contributed by atoms with E-state index in [9.17, 15) is 43.2 Å². The third-order valence-corrected chi connectivity index (χ3v) is 12.0. The number of hydroxylamine groups is 2. The van der Waals surface area contributed by atoms with Gasteiger partial charge in [0.15, 0.2) is 0 Å². The highest BCUT2D eigenvalue weighted by molar-refractivity contribution is 6.01. The molecule has 2 aliphatic heterocycles. The summed E-state index contributed by atoms with van der Waals surface area (Å²) in [7, 11) is 0. The van der Waals surface area contributed by atoms with Crippen LogP contribution in [0.2, 0.25) is 0 Å². The normalized spacial score (nSPS) is 14.5. The fourth-order valence-corrected chi connectivity index (χ4v) is 7.97. The molecule has 0 saturated carbocycles. The van der Waals surface area contributed by atoms with Gasteiger partial charge in [-0.25, -0.2) is 9.59 Å². The number of hydrogen-bond acceptors (Lipinski definition) is 15. The fourth-order valence-electron chi connectivity index (χ4n) is 7.97. The molecule has 0 aliphatic carbocycles. The summed E-state index contributed by atoms with van der Waals surface area (Å²) in [6.07, 6.45) is 20.3. The second-order valence-electron chi connectivity index (χ2n) is 19.4. The number of carbonyl (C=O) groups excluding carboxylic acids is 8. The van der Waals surface area contributed by atoms with Crippen molar-refractivity contribution in [1.82, 2.24) is 25.9 Å². The molecule has 2 aliphatic rings. The van der Waals surface area contributed by atoms with Crippen molar-refractivity contribution in [2.75, 3.05) is 79.0 Å². The van der Waals surface area contributed by atoms with Crippen LogP contribution in [0.4, 0.5) is 0 Å². The highest BCUT2D eigenvalue weighted by Crippen LogP contribution is 2.21. The van der Waals surface area contributed by atoms with E-state index in [1.807, 2.05) is 4.90 Å². The summed E-state index contributed by atoms with van der Waals surface area (Å²) in [5.74, 6) is -4.60. The first-order valence-electron chi connectivity index (χ1n) is 26.5. The average Bonchev–Trinajstić information content (AvgIpc) is 3.65. The average molecular weight is 1030 g/mol. The van der Waals surface area contributed by atoms with E-state index in [4.69, 9.17) is 28.8 Å². The standard InChI is InChI=1S/C51H87N5O16/c1-51(2,3)71-50(66)41(22-23-42(57)52-28-32-67-34-36-69-38-43(58)53-29-33-68-35-37-70-39-48(64)72-56-45(60)24-25-46(56)61)54-49(65)40-26-30-55(31-27-40)44(59)20-18-16-14-12-10-8-6-4-5-7-9-11-13-15-17-19-21-47(62)63/h40-41H,4-39H2,1-3H3,(H,52,57)(H,53,58)(H,54,65)(H,62,63). The van der Waals surface area contributed by atoms with Crippen molar-refractivity contribution in [3.63, 3.8) is 0 Å². The van der Waals surface area contributed by atoms with Crippen molar-refractivity contribution in [2.24, 2.45) is 5.92 Å². The first kappa shape index (κ1) is 63.4. The molecule has 2 heterocycles. The maximum absolute atomic E-state index is 13.4. The number of amides is 6. The van der Waals surface area contributed by atoms with Crippen LogP contribution in [0, 0.1) is 5.92 Å².